The first-order chi connectivity index (χ1) is 11.3. The van der Waals surface area contributed by atoms with Crippen molar-refractivity contribution in [2.24, 2.45) is 40.4 Å². The number of hydrogen-bond donors (Lipinski definition) is 2. The smallest absolute Gasteiger partial charge is 0.133 e. The van der Waals surface area contributed by atoms with Gasteiger partial charge in [-0.05, 0) is 92.8 Å². The van der Waals surface area contributed by atoms with Gasteiger partial charge in [-0.2, -0.15) is 0 Å². The van der Waals surface area contributed by atoms with Crippen LogP contribution in [0.4, 0.5) is 0 Å². The molecule has 0 radical (unpaired) electrons. The molecule has 0 bridgehead atoms. The Bertz CT molecular complexity index is 531. The van der Waals surface area contributed by atoms with Gasteiger partial charge in [-0.25, -0.2) is 0 Å². The number of aliphatic hydroxyl groups is 2. The van der Waals surface area contributed by atoms with Crippen molar-refractivity contribution in [2.75, 3.05) is 0 Å². The fourth-order valence-corrected chi connectivity index (χ4v) is 8.03. The minimum atomic E-state index is -0.278. The van der Waals surface area contributed by atoms with Crippen LogP contribution in [-0.2, 0) is 4.79 Å². The highest BCUT2D eigenvalue weighted by atomic mass is 16.3. The predicted molar refractivity (Wildman–Crippen MR) is 93.3 cm³/mol. The molecule has 0 saturated heterocycles. The molecule has 3 heteroatoms. The lowest BCUT2D eigenvalue weighted by atomic mass is 9.44. The van der Waals surface area contributed by atoms with Gasteiger partial charge in [0.05, 0.1) is 12.2 Å². The molecule has 4 rings (SSSR count). The number of hydrogen-bond acceptors (Lipinski definition) is 3. The second kappa shape index (κ2) is 5.54. The van der Waals surface area contributed by atoms with Crippen LogP contribution in [0.1, 0.15) is 72.1 Å². The molecule has 0 amide bonds. The number of Topliss-reactive ketones (excluding diaryl/α,β-unsaturated/α-hetero) is 1. The number of rotatable bonds is 1. The predicted octanol–water partition coefficient (Wildman–Crippen LogP) is 3.57. The number of fused-ring (bicyclic) bond motifs is 5. The quantitative estimate of drug-likeness (QED) is 0.771. The summed E-state index contributed by atoms with van der Waals surface area (Å²) in [6.07, 6.45) is 7.80. The van der Waals surface area contributed by atoms with Gasteiger partial charge in [0.1, 0.15) is 5.78 Å². The summed E-state index contributed by atoms with van der Waals surface area (Å²) in [5.41, 5.74) is 0.182. The molecule has 4 fully saturated rings. The zero-order valence-corrected chi connectivity index (χ0v) is 15.5. The monoisotopic (exact) mass is 334 g/mol. The molecule has 0 spiro atoms. The second-order valence-corrected chi connectivity index (χ2v) is 10.0. The molecule has 0 unspecified atom stereocenters. The van der Waals surface area contributed by atoms with Gasteiger partial charge in [0.15, 0.2) is 0 Å². The van der Waals surface area contributed by atoms with Gasteiger partial charge in [0.2, 0.25) is 0 Å². The van der Waals surface area contributed by atoms with Crippen molar-refractivity contribution in [3.8, 4) is 0 Å². The molecular formula is C21H34O3. The SMILES string of the molecule is CC(=O)[C@@H]1CC[C@@H]2[C@@H]3CC[C@@H]4C[C@H](O)CC[C@]4(C)[C@@H]3[C@H](O)C[C@@]21C. The highest BCUT2D eigenvalue weighted by Gasteiger charge is 2.63. The van der Waals surface area contributed by atoms with E-state index >= 15 is 0 Å². The van der Waals surface area contributed by atoms with Gasteiger partial charge in [-0.1, -0.05) is 13.8 Å². The second-order valence-electron chi connectivity index (χ2n) is 10.0. The Morgan fingerprint density at radius 2 is 1.75 bits per heavy atom. The van der Waals surface area contributed by atoms with Gasteiger partial charge >= 0.3 is 0 Å². The van der Waals surface area contributed by atoms with Crippen molar-refractivity contribution in [3.05, 3.63) is 0 Å². The first kappa shape index (κ1) is 17.0. The molecule has 0 aromatic rings. The van der Waals surface area contributed by atoms with Crippen molar-refractivity contribution in [2.45, 2.75) is 84.3 Å². The summed E-state index contributed by atoms with van der Waals surface area (Å²) in [7, 11) is 0. The largest absolute Gasteiger partial charge is 0.393 e. The Kier molecular flexibility index (Phi) is 3.93. The van der Waals surface area contributed by atoms with Crippen LogP contribution in [0.2, 0.25) is 0 Å². The Morgan fingerprint density at radius 1 is 1.00 bits per heavy atom. The third-order valence-corrected chi connectivity index (χ3v) is 9.06. The summed E-state index contributed by atoms with van der Waals surface area (Å²) in [5.74, 6) is 2.58. The molecule has 4 aliphatic carbocycles. The lowest BCUT2D eigenvalue weighted by Crippen LogP contribution is -2.59. The van der Waals surface area contributed by atoms with Crippen molar-refractivity contribution < 1.29 is 15.0 Å². The van der Waals surface area contributed by atoms with E-state index < -0.39 is 0 Å². The summed E-state index contributed by atoms with van der Waals surface area (Å²) in [4.78, 5) is 12.2. The topological polar surface area (TPSA) is 57.5 Å². The van der Waals surface area contributed by atoms with Crippen LogP contribution in [-0.4, -0.2) is 28.2 Å². The van der Waals surface area contributed by atoms with E-state index in [4.69, 9.17) is 0 Å². The Hall–Kier alpha value is -0.410. The zero-order chi connectivity index (χ0) is 17.3. The first-order valence-electron chi connectivity index (χ1n) is 10.1. The van der Waals surface area contributed by atoms with Gasteiger partial charge < -0.3 is 10.2 Å². The van der Waals surface area contributed by atoms with Gasteiger partial charge in [-0.3, -0.25) is 4.79 Å². The molecular weight excluding hydrogens is 300 g/mol. The van der Waals surface area contributed by atoms with E-state index in [1.807, 2.05) is 0 Å². The van der Waals surface area contributed by atoms with E-state index in [0.717, 1.165) is 38.5 Å². The molecule has 9 atom stereocenters. The van der Waals surface area contributed by atoms with E-state index in [1.54, 1.807) is 6.92 Å². The number of ketones is 1. The maximum absolute atomic E-state index is 12.2. The Morgan fingerprint density at radius 3 is 2.46 bits per heavy atom. The van der Waals surface area contributed by atoms with E-state index in [0.29, 0.717) is 29.5 Å². The van der Waals surface area contributed by atoms with Crippen LogP contribution >= 0.6 is 0 Å². The summed E-state index contributed by atoms with van der Waals surface area (Å²) < 4.78 is 0. The molecule has 2 N–H and O–H groups in total. The van der Waals surface area contributed by atoms with Crippen molar-refractivity contribution in [1.29, 1.82) is 0 Å². The Labute approximate surface area is 146 Å². The number of carbonyl (C=O) groups excluding carboxylic acids is 1. The summed E-state index contributed by atoms with van der Waals surface area (Å²) in [5, 5.41) is 21.3. The molecule has 0 aliphatic heterocycles. The maximum Gasteiger partial charge on any atom is 0.133 e. The molecule has 4 saturated carbocycles. The number of carbonyl (C=O) groups is 1. The average molecular weight is 335 g/mol. The fourth-order valence-electron chi connectivity index (χ4n) is 8.03. The van der Waals surface area contributed by atoms with Crippen LogP contribution in [0, 0.1) is 40.4 Å². The molecule has 136 valence electrons. The van der Waals surface area contributed by atoms with Crippen LogP contribution in [0.15, 0.2) is 0 Å². The highest BCUT2D eigenvalue weighted by Crippen LogP contribution is 2.67. The van der Waals surface area contributed by atoms with Crippen molar-refractivity contribution in [3.63, 3.8) is 0 Å². The van der Waals surface area contributed by atoms with Gasteiger partial charge in [0, 0.05) is 5.92 Å². The van der Waals surface area contributed by atoms with E-state index in [1.165, 1.54) is 12.8 Å². The lowest BCUT2D eigenvalue weighted by molar-refractivity contribution is -0.178. The molecule has 4 aliphatic rings. The molecule has 0 heterocycles. The first-order valence-corrected chi connectivity index (χ1v) is 10.1. The molecule has 3 nitrogen and oxygen atoms in total. The maximum atomic E-state index is 12.2. The van der Waals surface area contributed by atoms with E-state index in [-0.39, 0.29) is 29.0 Å². The standard InChI is InChI=1S/C21H34O3/c1-12(22)16-6-7-17-15-5-4-13-10-14(23)8-9-20(13,2)19(15)18(24)11-21(16,17)3/h13-19,23-24H,4-11H2,1-3H3/t13-,14-,15+,16+,17-,18-,19+,20+,21-/m1/s1. The van der Waals surface area contributed by atoms with Crippen LogP contribution in [0.5, 0.6) is 0 Å². The van der Waals surface area contributed by atoms with E-state index in [9.17, 15) is 15.0 Å². The number of aliphatic hydroxyl groups excluding tert-OH is 2. The van der Waals surface area contributed by atoms with Gasteiger partial charge in [0.25, 0.3) is 0 Å². The van der Waals surface area contributed by atoms with Crippen LogP contribution in [0.3, 0.4) is 0 Å². The average Bonchev–Trinajstić information content (AvgIpc) is 2.84. The van der Waals surface area contributed by atoms with Crippen molar-refractivity contribution in [1.82, 2.24) is 0 Å². The summed E-state index contributed by atoms with van der Waals surface area (Å²) in [6, 6.07) is 0. The fraction of sp³-hybridized carbons (Fsp3) is 0.952. The van der Waals surface area contributed by atoms with Gasteiger partial charge in [-0.15, -0.1) is 0 Å². The molecule has 24 heavy (non-hydrogen) atoms. The normalized spacial score (nSPS) is 57.0. The lowest BCUT2D eigenvalue weighted by Gasteiger charge is -2.62. The molecule has 0 aromatic carbocycles. The third-order valence-electron chi connectivity index (χ3n) is 9.06. The summed E-state index contributed by atoms with van der Waals surface area (Å²) >= 11 is 0. The third kappa shape index (κ3) is 2.19. The Balaban J connectivity index is 1.67. The van der Waals surface area contributed by atoms with Crippen LogP contribution < -0.4 is 0 Å². The van der Waals surface area contributed by atoms with Crippen molar-refractivity contribution >= 4 is 5.78 Å². The van der Waals surface area contributed by atoms with Crippen LogP contribution in [0.25, 0.3) is 0 Å². The minimum absolute atomic E-state index is 0.00376. The zero-order valence-electron chi connectivity index (χ0n) is 15.5. The van der Waals surface area contributed by atoms with E-state index in [2.05, 4.69) is 13.8 Å². The highest BCUT2D eigenvalue weighted by molar-refractivity contribution is 5.79. The minimum Gasteiger partial charge on any atom is -0.393 e. The molecule has 0 aromatic heterocycles. The summed E-state index contributed by atoms with van der Waals surface area (Å²) in [6.45, 7) is 6.43.